The number of hydrogen-bond donors (Lipinski definition) is 0. The molecule has 1 aliphatic rings. The maximum atomic E-state index is 5.69. The zero-order chi connectivity index (χ0) is 9.80. The maximum Gasteiger partial charge on any atom is 0.0226 e. The van der Waals surface area contributed by atoms with Gasteiger partial charge in [-0.25, -0.2) is 0 Å². The van der Waals surface area contributed by atoms with Crippen molar-refractivity contribution in [3.8, 4) is 0 Å². The lowest BCUT2D eigenvalue weighted by Gasteiger charge is -2.26. The number of benzene rings is 1. The van der Waals surface area contributed by atoms with Crippen LogP contribution in [0, 0.1) is 0 Å². The van der Waals surface area contributed by atoms with E-state index in [1.54, 1.807) is 5.56 Å². The summed E-state index contributed by atoms with van der Waals surface area (Å²) < 4.78 is 0. The SMILES string of the molecule is ClCCCc1cccc(C2CCC2)c1. The van der Waals surface area contributed by atoms with Gasteiger partial charge in [-0.05, 0) is 42.7 Å². The summed E-state index contributed by atoms with van der Waals surface area (Å²) in [6.45, 7) is 0. The normalized spacial score (nSPS) is 16.6. The minimum Gasteiger partial charge on any atom is -0.127 e. The lowest BCUT2D eigenvalue weighted by Crippen LogP contribution is -2.08. The fourth-order valence-electron chi connectivity index (χ4n) is 2.02. The van der Waals surface area contributed by atoms with Crippen LogP contribution in [0.2, 0.25) is 0 Å². The van der Waals surface area contributed by atoms with E-state index in [1.807, 2.05) is 0 Å². The number of rotatable bonds is 4. The molecule has 0 aliphatic heterocycles. The van der Waals surface area contributed by atoms with Gasteiger partial charge in [-0.3, -0.25) is 0 Å². The Bertz CT molecular complexity index is 289. The monoisotopic (exact) mass is 208 g/mol. The lowest BCUT2D eigenvalue weighted by atomic mass is 9.79. The molecule has 0 bridgehead atoms. The molecular formula is C13H17Cl. The lowest BCUT2D eigenvalue weighted by molar-refractivity contribution is 0.419. The summed E-state index contributed by atoms with van der Waals surface area (Å²) in [5, 5.41) is 0. The minimum atomic E-state index is 0.771. The largest absolute Gasteiger partial charge is 0.127 e. The summed E-state index contributed by atoms with van der Waals surface area (Å²) in [7, 11) is 0. The molecule has 0 aromatic heterocycles. The van der Waals surface area contributed by atoms with Crippen LogP contribution in [0.3, 0.4) is 0 Å². The zero-order valence-electron chi connectivity index (χ0n) is 8.51. The molecule has 0 nitrogen and oxygen atoms in total. The molecule has 1 aromatic rings. The van der Waals surface area contributed by atoms with E-state index in [0.29, 0.717) is 0 Å². The maximum absolute atomic E-state index is 5.69. The van der Waals surface area contributed by atoms with Crippen molar-refractivity contribution in [2.24, 2.45) is 0 Å². The Balaban J connectivity index is 2.02. The second kappa shape index (κ2) is 4.84. The molecule has 0 saturated heterocycles. The second-order valence-electron chi connectivity index (χ2n) is 4.17. The molecular weight excluding hydrogens is 192 g/mol. The van der Waals surface area contributed by atoms with Crippen molar-refractivity contribution in [1.82, 2.24) is 0 Å². The van der Waals surface area contributed by atoms with Gasteiger partial charge in [0.1, 0.15) is 0 Å². The number of halogens is 1. The smallest absolute Gasteiger partial charge is 0.0226 e. The molecule has 0 spiro atoms. The average Bonchev–Trinajstić information content (AvgIpc) is 2.13. The summed E-state index contributed by atoms with van der Waals surface area (Å²) in [5.74, 6) is 1.62. The minimum absolute atomic E-state index is 0.771. The van der Waals surface area contributed by atoms with Crippen molar-refractivity contribution in [3.63, 3.8) is 0 Å². The summed E-state index contributed by atoms with van der Waals surface area (Å²) in [5.41, 5.74) is 3.00. The molecule has 0 unspecified atom stereocenters. The van der Waals surface area contributed by atoms with Crippen LogP contribution in [0.4, 0.5) is 0 Å². The van der Waals surface area contributed by atoms with Crippen molar-refractivity contribution in [3.05, 3.63) is 35.4 Å². The van der Waals surface area contributed by atoms with Crippen molar-refractivity contribution in [1.29, 1.82) is 0 Å². The third kappa shape index (κ3) is 2.30. The van der Waals surface area contributed by atoms with E-state index >= 15 is 0 Å². The van der Waals surface area contributed by atoms with Gasteiger partial charge in [0.2, 0.25) is 0 Å². The van der Waals surface area contributed by atoms with E-state index in [1.165, 1.54) is 24.8 Å². The van der Waals surface area contributed by atoms with Crippen molar-refractivity contribution in [2.45, 2.75) is 38.0 Å². The van der Waals surface area contributed by atoms with Gasteiger partial charge in [0.15, 0.2) is 0 Å². The highest BCUT2D eigenvalue weighted by Gasteiger charge is 2.19. The molecule has 0 heterocycles. The van der Waals surface area contributed by atoms with Gasteiger partial charge in [0.25, 0.3) is 0 Å². The van der Waals surface area contributed by atoms with Crippen LogP contribution in [0.25, 0.3) is 0 Å². The molecule has 76 valence electrons. The van der Waals surface area contributed by atoms with E-state index in [-0.39, 0.29) is 0 Å². The second-order valence-corrected chi connectivity index (χ2v) is 4.54. The Morgan fingerprint density at radius 2 is 2.14 bits per heavy atom. The fraction of sp³-hybridized carbons (Fsp3) is 0.538. The molecule has 0 N–H and O–H groups in total. The predicted molar refractivity (Wildman–Crippen MR) is 62.1 cm³/mol. The molecule has 0 atom stereocenters. The van der Waals surface area contributed by atoms with Gasteiger partial charge in [-0.2, -0.15) is 0 Å². The highest BCUT2D eigenvalue weighted by atomic mass is 35.5. The average molecular weight is 209 g/mol. The summed E-state index contributed by atoms with van der Waals surface area (Å²) in [6, 6.07) is 9.05. The van der Waals surface area contributed by atoms with Gasteiger partial charge >= 0.3 is 0 Å². The van der Waals surface area contributed by atoms with Crippen molar-refractivity contribution >= 4 is 11.6 Å². The van der Waals surface area contributed by atoms with Crippen LogP contribution in [-0.4, -0.2) is 5.88 Å². The summed E-state index contributed by atoms with van der Waals surface area (Å²) in [6.07, 6.45) is 6.41. The number of alkyl halides is 1. The van der Waals surface area contributed by atoms with E-state index in [4.69, 9.17) is 11.6 Å². The molecule has 14 heavy (non-hydrogen) atoms. The molecule has 1 heteroatoms. The standard InChI is InChI=1S/C13H17Cl/c14-9-3-5-11-4-1-8-13(10-11)12-6-2-7-12/h1,4,8,10,12H,2-3,5-7,9H2. The highest BCUT2D eigenvalue weighted by Crippen LogP contribution is 2.36. The first-order valence-electron chi connectivity index (χ1n) is 5.55. The molecule has 1 aromatic carbocycles. The first-order valence-corrected chi connectivity index (χ1v) is 6.08. The zero-order valence-corrected chi connectivity index (χ0v) is 9.26. The molecule has 1 aliphatic carbocycles. The summed E-state index contributed by atoms with van der Waals surface area (Å²) in [4.78, 5) is 0. The fourth-order valence-corrected chi connectivity index (χ4v) is 2.15. The van der Waals surface area contributed by atoms with Crippen LogP contribution >= 0.6 is 11.6 Å². The van der Waals surface area contributed by atoms with Gasteiger partial charge in [0, 0.05) is 5.88 Å². The number of hydrogen-bond acceptors (Lipinski definition) is 0. The third-order valence-electron chi connectivity index (χ3n) is 3.13. The molecule has 1 saturated carbocycles. The predicted octanol–water partition coefficient (Wildman–Crippen LogP) is 4.13. The van der Waals surface area contributed by atoms with Crippen LogP contribution in [0.5, 0.6) is 0 Å². The van der Waals surface area contributed by atoms with E-state index in [9.17, 15) is 0 Å². The highest BCUT2D eigenvalue weighted by molar-refractivity contribution is 6.17. The van der Waals surface area contributed by atoms with Gasteiger partial charge in [-0.1, -0.05) is 30.7 Å². The third-order valence-corrected chi connectivity index (χ3v) is 3.39. The molecule has 2 rings (SSSR count). The van der Waals surface area contributed by atoms with Crippen LogP contribution in [0.1, 0.15) is 42.7 Å². The van der Waals surface area contributed by atoms with E-state index < -0.39 is 0 Å². The van der Waals surface area contributed by atoms with Gasteiger partial charge in [0.05, 0.1) is 0 Å². The first kappa shape index (κ1) is 10.0. The molecule has 1 fully saturated rings. The van der Waals surface area contributed by atoms with Crippen LogP contribution < -0.4 is 0 Å². The first-order chi connectivity index (χ1) is 6.90. The van der Waals surface area contributed by atoms with E-state index in [2.05, 4.69) is 24.3 Å². The Morgan fingerprint density at radius 3 is 2.79 bits per heavy atom. The van der Waals surface area contributed by atoms with Crippen LogP contribution in [-0.2, 0) is 6.42 Å². The van der Waals surface area contributed by atoms with Gasteiger partial charge < -0.3 is 0 Å². The number of aryl methyl sites for hydroxylation is 1. The van der Waals surface area contributed by atoms with Crippen LogP contribution in [0.15, 0.2) is 24.3 Å². The van der Waals surface area contributed by atoms with Gasteiger partial charge in [-0.15, -0.1) is 11.6 Å². The quantitative estimate of drug-likeness (QED) is 0.653. The van der Waals surface area contributed by atoms with E-state index in [0.717, 1.165) is 24.6 Å². The van der Waals surface area contributed by atoms with Crippen molar-refractivity contribution in [2.75, 3.05) is 5.88 Å². The Morgan fingerprint density at radius 1 is 1.29 bits per heavy atom. The molecule has 0 radical (unpaired) electrons. The summed E-state index contributed by atoms with van der Waals surface area (Å²) >= 11 is 5.69. The topological polar surface area (TPSA) is 0 Å². The van der Waals surface area contributed by atoms with Crippen molar-refractivity contribution < 1.29 is 0 Å². The Kier molecular flexibility index (Phi) is 3.47. The Labute approximate surface area is 91.3 Å². The molecule has 0 amide bonds. The Hall–Kier alpha value is -0.490.